The van der Waals surface area contributed by atoms with Crippen LogP contribution in [0.4, 0.5) is 9.18 Å². The van der Waals surface area contributed by atoms with E-state index < -0.39 is 17.7 Å². The van der Waals surface area contributed by atoms with Gasteiger partial charge in [-0.1, -0.05) is 12.1 Å². The fourth-order valence-corrected chi connectivity index (χ4v) is 1.35. The minimum absolute atomic E-state index is 0.358. The van der Waals surface area contributed by atoms with E-state index in [1.165, 1.54) is 24.3 Å². The average Bonchev–Trinajstić information content (AvgIpc) is 2.25. The van der Waals surface area contributed by atoms with Crippen LogP contribution in [0.2, 0.25) is 0 Å². The van der Waals surface area contributed by atoms with Crippen LogP contribution in [0.1, 0.15) is 32.4 Å². The Morgan fingerprint density at radius 3 is 2.39 bits per heavy atom. The first-order valence-corrected chi connectivity index (χ1v) is 5.67. The maximum Gasteiger partial charge on any atom is 0.408 e. The van der Waals surface area contributed by atoms with Crippen molar-refractivity contribution >= 4 is 6.09 Å². The van der Waals surface area contributed by atoms with Gasteiger partial charge in [0.05, 0.1) is 6.61 Å². The maximum atomic E-state index is 12.8. The highest BCUT2D eigenvalue weighted by Crippen LogP contribution is 2.17. The molecular weight excluding hydrogens is 237 g/mol. The molecular formula is C13H18FNO3. The van der Waals surface area contributed by atoms with Crippen LogP contribution >= 0.6 is 0 Å². The van der Waals surface area contributed by atoms with Crippen molar-refractivity contribution in [2.75, 3.05) is 6.61 Å². The molecule has 18 heavy (non-hydrogen) atoms. The number of ether oxygens (including phenoxy) is 1. The Bertz CT molecular complexity index is 398. The minimum atomic E-state index is -0.798. The van der Waals surface area contributed by atoms with E-state index in [2.05, 4.69) is 5.32 Å². The van der Waals surface area contributed by atoms with E-state index in [9.17, 15) is 14.3 Å². The zero-order valence-electron chi connectivity index (χ0n) is 10.7. The number of halogens is 1. The van der Waals surface area contributed by atoms with Gasteiger partial charge in [-0.05, 0) is 38.5 Å². The molecule has 0 heterocycles. The molecule has 0 aromatic heterocycles. The van der Waals surface area contributed by atoms with Crippen molar-refractivity contribution in [1.29, 1.82) is 0 Å². The lowest BCUT2D eigenvalue weighted by molar-refractivity contribution is 0.0529. The summed E-state index contributed by atoms with van der Waals surface area (Å²) >= 11 is 0. The zero-order valence-corrected chi connectivity index (χ0v) is 10.7. The molecule has 1 atom stereocenters. The third-order valence-electron chi connectivity index (χ3n) is 2.13. The van der Waals surface area contributed by atoms with Gasteiger partial charge < -0.3 is 15.2 Å². The predicted octanol–water partition coefficient (Wildman–Crippen LogP) is 2.38. The largest absolute Gasteiger partial charge is 0.439 e. The van der Waals surface area contributed by atoms with E-state index >= 15 is 0 Å². The topological polar surface area (TPSA) is 58.6 Å². The Hall–Kier alpha value is -1.62. The van der Waals surface area contributed by atoms with Crippen LogP contribution < -0.4 is 5.32 Å². The van der Waals surface area contributed by atoms with Gasteiger partial charge in [-0.2, -0.15) is 0 Å². The summed E-state index contributed by atoms with van der Waals surface area (Å²) in [6.45, 7) is 5.10. The van der Waals surface area contributed by atoms with E-state index in [-0.39, 0.29) is 12.4 Å². The molecule has 1 rings (SSSR count). The van der Waals surface area contributed by atoms with Crippen molar-refractivity contribution in [3.8, 4) is 0 Å². The maximum absolute atomic E-state index is 12.8. The van der Waals surface area contributed by atoms with Crippen molar-refractivity contribution in [2.45, 2.75) is 32.4 Å². The number of aliphatic hydroxyl groups excluding tert-OH is 1. The van der Waals surface area contributed by atoms with Gasteiger partial charge in [-0.15, -0.1) is 0 Å². The lowest BCUT2D eigenvalue weighted by Crippen LogP contribution is -2.41. The normalized spacial score (nSPS) is 12.9. The number of hydrogen-bond acceptors (Lipinski definition) is 3. The summed E-state index contributed by atoms with van der Waals surface area (Å²) in [5.41, 5.74) is 0.128. The smallest absolute Gasteiger partial charge is 0.408 e. The zero-order chi connectivity index (χ0) is 13.8. The van der Waals surface area contributed by atoms with Gasteiger partial charge in [0.25, 0.3) is 0 Å². The fraction of sp³-hybridized carbons (Fsp3) is 0.462. The second-order valence-electron chi connectivity index (χ2n) is 5.00. The minimum Gasteiger partial charge on any atom is -0.439 e. The lowest BCUT2D eigenvalue weighted by atomic mass is 10.1. The monoisotopic (exact) mass is 255 g/mol. The van der Waals surface area contributed by atoms with Crippen LogP contribution in [0.3, 0.4) is 0 Å². The van der Waals surface area contributed by atoms with Crippen molar-refractivity contribution in [3.63, 3.8) is 0 Å². The summed E-state index contributed by atoms with van der Waals surface area (Å²) in [4.78, 5) is 11.5. The molecule has 0 fully saturated rings. The molecule has 1 aromatic carbocycles. The molecule has 0 saturated heterocycles. The Kier molecular flexibility index (Phi) is 4.67. The van der Waals surface area contributed by atoms with Crippen molar-refractivity contribution < 1.29 is 19.0 Å². The Morgan fingerprint density at radius 1 is 1.39 bits per heavy atom. The highest BCUT2D eigenvalue weighted by Gasteiger charge is 2.20. The van der Waals surface area contributed by atoms with Crippen LogP contribution in [0, 0.1) is 5.82 Å². The summed E-state index contributed by atoms with van der Waals surface area (Å²) in [6.07, 6.45) is -1.42. The number of benzene rings is 1. The van der Waals surface area contributed by atoms with E-state index in [4.69, 9.17) is 4.74 Å². The van der Waals surface area contributed by atoms with E-state index in [1.54, 1.807) is 0 Å². The lowest BCUT2D eigenvalue weighted by Gasteiger charge is -2.23. The van der Waals surface area contributed by atoms with Crippen LogP contribution in [0.15, 0.2) is 24.3 Å². The molecule has 0 spiro atoms. The van der Waals surface area contributed by atoms with E-state index in [0.717, 1.165) is 0 Å². The fourth-order valence-electron chi connectivity index (χ4n) is 1.35. The van der Waals surface area contributed by atoms with Gasteiger partial charge in [-0.3, -0.25) is 0 Å². The van der Waals surface area contributed by atoms with Gasteiger partial charge in [0.15, 0.2) is 6.10 Å². The van der Waals surface area contributed by atoms with Gasteiger partial charge >= 0.3 is 6.09 Å². The number of rotatable bonds is 3. The number of carbonyl (C=O) groups is 1. The summed E-state index contributed by atoms with van der Waals surface area (Å²) in [5.74, 6) is -0.380. The first-order valence-electron chi connectivity index (χ1n) is 5.67. The number of nitrogens with one attached hydrogen (secondary N) is 1. The Labute approximate surface area is 106 Å². The highest BCUT2D eigenvalue weighted by atomic mass is 19.1. The van der Waals surface area contributed by atoms with Crippen LogP contribution in [-0.4, -0.2) is 23.3 Å². The molecule has 0 saturated carbocycles. The predicted molar refractivity (Wildman–Crippen MR) is 65.6 cm³/mol. The SMILES string of the molecule is CC(C)(C)NC(=O)OC(CO)c1ccc(F)cc1. The summed E-state index contributed by atoms with van der Waals surface area (Å²) in [5, 5.41) is 11.8. The number of carbonyl (C=O) groups excluding carboxylic acids is 1. The molecule has 5 heteroatoms. The summed E-state index contributed by atoms with van der Waals surface area (Å²) in [7, 11) is 0. The highest BCUT2D eigenvalue weighted by molar-refractivity contribution is 5.68. The van der Waals surface area contributed by atoms with Gasteiger partial charge in [0.1, 0.15) is 5.82 Å². The average molecular weight is 255 g/mol. The quantitative estimate of drug-likeness (QED) is 0.871. The van der Waals surface area contributed by atoms with Crippen LogP contribution in [-0.2, 0) is 4.74 Å². The molecule has 0 aliphatic carbocycles. The third kappa shape index (κ3) is 4.71. The van der Waals surface area contributed by atoms with Crippen molar-refractivity contribution in [3.05, 3.63) is 35.6 Å². The first kappa shape index (κ1) is 14.4. The number of aliphatic hydroxyl groups is 1. The molecule has 1 unspecified atom stereocenters. The van der Waals surface area contributed by atoms with Crippen molar-refractivity contribution in [2.24, 2.45) is 0 Å². The molecule has 0 aliphatic heterocycles. The Balaban J connectivity index is 2.68. The third-order valence-corrected chi connectivity index (χ3v) is 2.13. The first-order chi connectivity index (χ1) is 8.31. The van der Waals surface area contributed by atoms with Crippen LogP contribution in [0.25, 0.3) is 0 Å². The van der Waals surface area contributed by atoms with Crippen molar-refractivity contribution in [1.82, 2.24) is 5.32 Å². The molecule has 100 valence electrons. The standard InChI is InChI=1S/C13H18FNO3/c1-13(2,3)15-12(17)18-11(8-16)9-4-6-10(14)7-5-9/h4-7,11,16H,8H2,1-3H3,(H,15,17). The Morgan fingerprint density at radius 2 is 1.94 bits per heavy atom. The molecule has 0 bridgehead atoms. The number of alkyl carbamates (subject to hydrolysis) is 1. The molecule has 1 aromatic rings. The molecule has 1 amide bonds. The molecule has 2 N–H and O–H groups in total. The molecule has 0 radical (unpaired) electrons. The molecule has 4 nitrogen and oxygen atoms in total. The van der Waals surface area contributed by atoms with Crippen LogP contribution in [0.5, 0.6) is 0 Å². The number of amides is 1. The van der Waals surface area contributed by atoms with E-state index in [1.807, 2.05) is 20.8 Å². The van der Waals surface area contributed by atoms with Gasteiger partial charge in [0.2, 0.25) is 0 Å². The second-order valence-corrected chi connectivity index (χ2v) is 5.00. The van der Waals surface area contributed by atoms with Gasteiger partial charge in [-0.25, -0.2) is 9.18 Å². The second kappa shape index (κ2) is 5.82. The summed E-state index contributed by atoms with van der Waals surface area (Å²) in [6, 6.07) is 5.45. The van der Waals surface area contributed by atoms with Gasteiger partial charge in [0, 0.05) is 5.54 Å². The van der Waals surface area contributed by atoms with E-state index in [0.29, 0.717) is 5.56 Å². The number of hydrogen-bond donors (Lipinski definition) is 2. The summed E-state index contributed by atoms with van der Waals surface area (Å²) < 4.78 is 17.8. The molecule has 0 aliphatic rings.